The molecule has 250 valence electrons. The van der Waals surface area contributed by atoms with Crippen LogP contribution in [0.3, 0.4) is 0 Å². The van der Waals surface area contributed by atoms with Crippen LogP contribution in [0.4, 0.5) is 10.1 Å². The van der Waals surface area contributed by atoms with Gasteiger partial charge in [-0.25, -0.2) is 12.8 Å². The molecule has 4 rings (SSSR count). The average molecular weight is 656 g/mol. The van der Waals surface area contributed by atoms with Crippen molar-refractivity contribution in [1.82, 2.24) is 9.80 Å². The molecule has 3 aromatic rings. The van der Waals surface area contributed by atoms with E-state index in [9.17, 15) is 22.7 Å². The molecule has 1 amide bonds. The highest BCUT2D eigenvalue weighted by Crippen LogP contribution is 2.29. The van der Waals surface area contributed by atoms with Gasteiger partial charge in [0.1, 0.15) is 11.6 Å². The molecule has 0 saturated carbocycles. The van der Waals surface area contributed by atoms with Gasteiger partial charge in [0.25, 0.3) is 15.9 Å². The Kier molecular flexibility index (Phi) is 12.6. The van der Waals surface area contributed by atoms with E-state index in [2.05, 4.69) is 28.8 Å². The number of carbonyl (C=O) groups excluding carboxylic acids is 1. The van der Waals surface area contributed by atoms with Crippen molar-refractivity contribution in [3.05, 3.63) is 89.7 Å². The van der Waals surface area contributed by atoms with Crippen LogP contribution < -0.4 is 9.46 Å². The number of aliphatic hydroxyl groups is 1. The standard InChI is InChI=1S/C35H46FN3O6S/c1-25-21-39(26(2)24-40)35(41)32-20-30(37-46(42,43)31-16-13-29(36)14-17-31)15-18-33(32)45-27(3)10-8-9-19-44-34(25)23-38(4)22-28-11-6-5-7-12-28/h5-7,11-18,20,25-27,34,37,40H,8-10,19,21-24H2,1-4H3/t25-,26-,27+,34+/m0/s1. The summed E-state index contributed by atoms with van der Waals surface area (Å²) in [6, 6.07) is 18.8. The maximum atomic E-state index is 14.3. The van der Waals surface area contributed by atoms with Gasteiger partial charge in [0.2, 0.25) is 0 Å². The summed E-state index contributed by atoms with van der Waals surface area (Å²) in [5.74, 6) is -0.711. The molecule has 9 nitrogen and oxygen atoms in total. The zero-order chi connectivity index (χ0) is 33.3. The Morgan fingerprint density at radius 2 is 1.78 bits per heavy atom. The van der Waals surface area contributed by atoms with Gasteiger partial charge in [-0.15, -0.1) is 0 Å². The van der Waals surface area contributed by atoms with E-state index in [-0.39, 0.29) is 40.9 Å². The van der Waals surface area contributed by atoms with Crippen molar-refractivity contribution < 1.29 is 32.2 Å². The van der Waals surface area contributed by atoms with Crippen LogP contribution in [0.25, 0.3) is 0 Å². The summed E-state index contributed by atoms with van der Waals surface area (Å²) in [6.07, 6.45) is 2.06. The third kappa shape index (κ3) is 9.75. The number of sulfonamides is 1. The molecular weight excluding hydrogens is 609 g/mol. The second-order valence-corrected chi connectivity index (χ2v) is 13.9. The minimum absolute atomic E-state index is 0.0948. The number of anilines is 1. The number of benzene rings is 3. The van der Waals surface area contributed by atoms with Gasteiger partial charge in [0, 0.05) is 37.8 Å². The van der Waals surface area contributed by atoms with Crippen molar-refractivity contribution in [3.63, 3.8) is 0 Å². The number of ether oxygens (including phenoxy) is 2. The Hall–Kier alpha value is -3.51. The van der Waals surface area contributed by atoms with Crippen LogP contribution in [0.5, 0.6) is 5.75 Å². The average Bonchev–Trinajstić information content (AvgIpc) is 3.03. The first-order valence-corrected chi connectivity index (χ1v) is 17.3. The molecule has 0 fully saturated rings. The van der Waals surface area contributed by atoms with Gasteiger partial charge < -0.3 is 19.5 Å². The summed E-state index contributed by atoms with van der Waals surface area (Å²) in [4.78, 5) is 18.0. The molecule has 1 aliphatic rings. The lowest BCUT2D eigenvalue weighted by molar-refractivity contribution is -0.0177. The van der Waals surface area contributed by atoms with Crippen molar-refractivity contribution in [3.8, 4) is 5.75 Å². The van der Waals surface area contributed by atoms with E-state index in [1.165, 1.54) is 29.8 Å². The van der Waals surface area contributed by atoms with Crippen LogP contribution in [0.15, 0.2) is 77.7 Å². The molecule has 0 saturated heterocycles. The summed E-state index contributed by atoms with van der Waals surface area (Å²) in [5.41, 5.74) is 1.53. The Balaban J connectivity index is 1.64. The van der Waals surface area contributed by atoms with Crippen molar-refractivity contribution in [2.24, 2.45) is 5.92 Å². The third-order valence-electron chi connectivity index (χ3n) is 8.21. The number of rotatable bonds is 9. The minimum Gasteiger partial charge on any atom is -0.490 e. The number of fused-ring (bicyclic) bond motifs is 1. The number of nitrogens with one attached hydrogen (secondary N) is 1. The van der Waals surface area contributed by atoms with Crippen molar-refractivity contribution in [2.75, 3.05) is 38.1 Å². The largest absolute Gasteiger partial charge is 0.490 e. The van der Waals surface area contributed by atoms with Crippen molar-refractivity contribution in [1.29, 1.82) is 0 Å². The molecule has 3 aromatic carbocycles. The number of halogens is 1. The first kappa shape index (κ1) is 35.3. The Bertz CT molecular complexity index is 1520. The van der Waals surface area contributed by atoms with Crippen LogP contribution in [0, 0.1) is 11.7 Å². The van der Waals surface area contributed by atoms with Gasteiger partial charge >= 0.3 is 0 Å². The number of aliphatic hydroxyl groups excluding tert-OH is 1. The number of hydrogen-bond donors (Lipinski definition) is 2. The normalized spacial score (nSPS) is 20.8. The number of likely N-dealkylation sites (N-methyl/N-ethyl adjacent to an activating group) is 1. The summed E-state index contributed by atoms with van der Waals surface area (Å²) in [7, 11) is -2.01. The molecule has 11 heteroatoms. The zero-order valence-corrected chi connectivity index (χ0v) is 27.9. The zero-order valence-electron chi connectivity index (χ0n) is 27.1. The van der Waals surface area contributed by atoms with E-state index in [4.69, 9.17) is 9.47 Å². The van der Waals surface area contributed by atoms with Crippen molar-refractivity contribution in [2.45, 2.75) is 69.7 Å². The molecule has 46 heavy (non-hydrogen) atoms. The number of hydrogen-bond acceptors (Lipinski definition) is 7. The maximum absolute atomic E-state index is 14.3. The molecule has 1 heterocycles. The highest BCUT2D eigenvalue weighted by Gasteiger charge is 2.30. The molecule has 2 N–H and O–H groups in total. The van der Waals surface area contributed by atoms with Crippen LogP contribution in [0.1, 0.15) is 56.0 Å². The fraction of sp³-hybridized carbons (Fsp3) is 0.457. The molecule has 0 aliphatic carbocycles. The Morgan fingerprint density at radius 1 is 1.07 bits per heavy atom. The highest BCUT2D eigenvalue weighted by molar-refractivity contribution is 7.92. The lowest BCUT2D eigenvalue weighted by Crippen LogP contribution is -2.47. The Morgan fingerprint density at radius 3 is 2.48 bits per heavy atom. The molecule has 0 unspecified atom stereocenters. The lowest BCUT2D eigenvalue weighted by atomic mass is 10.0. The molecule has 0 bridgehead atoms. The van der Waals surface area contributed by atoms with Crippen LogP contribution in [0.2, 0.25) is 0 Å². The van der Waals surface area contributed by atoms with Gasteiger partial charge in [-0.05, 0) is 88.2 Å². The van der Waals surface area contributed by atoms with E-state index in [0.29, 0.717) is 25.4 Å². The number of carbonyl (C=O) groups is 1. The molecule has 0 aromatic heterocycles. The van der Waals surface area contributed by atoms with E-state index in [1.54, 1.807) is 17.9 Å². The van der Waals surface area contributed by atoms with E-state index in [1.807, 2.05) is 32.0 Å². The van der Waals surface area contributed by atoms with Crippen LogP contribution in [-0.4, -0.2) is 80.8 Å². The number of amides is 1. The second-order valence-electron chi connectivity index (χ2n) is 12.3. The summed E-state index contributed by atoms with van der Waals surface area (Å²) >= 11 is 0. The predicted molar refractivity (Wildman–Crippen MR) is 177 cm³/mol. The molecule has 0 spiro atoms. The van der Waals surface area contributed by atoms with E-state index >= 15 is 0 Å². The van der Waals surface area contributed by atoms with Gasteiger partial charge in [-0.2, -0.15) is 0 Å². The molecule has 0 radical (unpaired) electrons. The van der Waals surface area contributed by atoms with Gasteiger partial charge in [-0.3, -0.25) is 14.4 Å². The Labute approximate surface area is 272 Å². The molecule has 4 atom stereocenters. The maximum Gasteiger partial charge on any atom is 0.261 e. The minimum atomic E-state index is -4.06. The first-order valence-electron chi connectivity index (χ1n) is 15.8. The van der Waals surface area contributed by atoms with Gasteiger partial charge in [-0.1, -0.05) is 37.3 Å². The van der Waals surface area contributed by atoms with Gasteiger partial charge in [0.05, 0.1) is 35.3 Å². The monoisotopic (exact) mass is 655 g/mol. The SMILES string of the molecule is C[C@@H]1CCCCO[C@H](CN(C)Cc2ccccc2)[C@@H](C)CN([C@@H](C)CO)C(=O)c2cc(NS(=O)(=O)c3ccc(F)cc3)ccc2O1. The summed E-state index contributed by atoms with van der Waals surface area (Å²) in [6.45, 7) is 7.77. The van der Waals surface area contributed by atoms with E-state index in [0.717, 1.165) is 37.9 Å². The number of nitrogens with zero attached hydrogens (tertiary/aromatic N) is 2. The van der Waals surface area contributed by atoms with Crippen molar-refractivity contribution >= 4 is 21.6 Å². The quantitative estimate of drug-likeness (QED) is 0.311. The molecular formula is C35H46FN3O6S. The fourth-order valence-electron chi connectivity index (χ4n) is 5.54. The highest BCUT2D eigenvalue weighted by atomic mass is 32.2. The summed E-state index contributed by atoms with van der Waals surface area (Å²) in [5, 5.41) is 10.2. The smallest absolute Gasteiger partial charge is 0.261 e. The topological polar surface area (TPSA) is 108 Å². The van der Waals surface area contributed by atoms with E-state index < -0.39 is 27.8 Å². The van der Waals surface area contributed by atoms with Gasteiger partial charge in [0.15, 0.2) is 0 Å². The lowest BCUT2D eigenvalue weighted by Gasteiger charge is -2.36. The predicted octanol–water partition coefficient (Wildman–Crippen LogP) is 5.55. The fourth-order valence-corrected chi connectivity index (χ4v) is 6.59. The van der Waals surface area contributed by atoms with Crippen LogP contribution in [-0.2, 0) is 21.3 Å². The third-order valence-corrected chi connectivity index (χ3v) is 9.61. The van der Waals surface area contributed by atoms with Crippen LogP contribution >= 0.6 is 0 Å². The second kappa shape index (κ2) is 16.4. The molecule has 1 aliphatic heterocycles. The summed E-state index contributed by atoms with van der Waals surface area (Å²) < 4.78 is 54.8. The first-order chi connectivity index (χ1) is 22.0.